The number of benzene rings is 1. The van der Waals surface area contributed by atoms with Crippen LogP contribution in [0.15, 0.2) is 60.2 Å². The molecule has 0 radical (unpaired) electrons. The molecule has 2 heterocycles. The van der Waals surface area contributed by atoms with E-state index < -0.39 is 0 Å². The van der Waals surface area contributed by atoms with Gasteiger partial charge in [-0.3, -0.25) is 4.98 Å². The van der Waals surface area contributed by atoms with Crippen LogP contribution >= 0.6 is 11.3 Å². The van der Waals surface area contributed by atoms with Gasteiger partial charge in [0.15, 0.2) is 0 Å². The molecule has 0 saturated carbocycles. The summed E-state index contributed by atoms with van der Waals surface area (Å²) in [6.45, 7) is 1.97. The minimum atomic E-state index is 0.968. The Bertz CT molecular complexity index is 680. The van der Waals surface area contributed by atoms with Crippen LogP contribution in [0.1, 0.15) is 10.6 Å². The third kappa shape index (κ3) is 4.23. The van der Waals surface area contributed by atoms with Gasteiger partial charge in [0, 0.05) is 36.3 Å². The van der Waals surface area contributed by atoms with Gasteiger partial charge in [0.25, 0.3) is 0 Å². The standard InChI is InChI=1S/C18H19N3S/c1-2-4-15(5-3-1)6-10-19-13-9-18-21-17(14-22-18)16-7-11-20-12-8-16/h1-5,7-8,11-12,14,19H,6,9-10,13H2. The maximum absolute atomic E-state index is 4.69. The Labute approximate surface area is 135 Å². The normalized spacial score (nSPS) is 10.7. The molecular weight excluding hydrogens is 290 g/mol. The first-order valence-corrected chi connectivity index (χ1v) is 8.39. The molecule has 0 aliphatic heterocycles. The largest absolute Gasteiger partial charge is 0.316 e. The lowest BCUT2D eigenvalue weighted by Gasteiger charge is -2.03. The van der Waals surface area contributed by atoms with Crippen molar-refractivity contribution in [1.29, 1.82) is 0 Å². The number of hydrogen-bond acceptors (Lipinski definition) is 4. The number of rotatable bonds is 7. The first kappa shape index (κ1) is 14.9. The predicted molar refractivity (Wildman–Crippen MR) is 92.1 cm³/mol. The minimum absolute atomic E-state index is 0.968. The Morgan fingerprint density at radius 3 is 2.50 bits per heavy atom. The van der Waals surface area contributed by atoms with E-state index in [0.717, 1.165) is 37.2 Å². The van der Waals surface area contributed by atoms with Gasteiger partial charge in [0.1, 0.15) is 0 Å². The summed E-state index contributed by atoms with van der Waals surface area (Å²) in [5, 5.41) is 6.79. The van der Waals surface area contributed by atoms with Crippen molar-refractivity contribution >= 4 is 11.3 Å². The summed E-state index contributed by atoms with van der Waals surface area (Å²) in [5.41, 5.74) is 3.56. The second-order valence-corrected chi connectivity index (χ2v) is 6.04. The van der Waals surface area contributed by atoms with E-state index in [-0.39, 0.29) is 0 Å². The molecule has 3 rings (SSSR count). The highest BCUT2D eigenvalue weighted by molar-refractivity contribution is 7.09. The predicted octanol–water partition coefficient (Wildman–Crippen LogP) is 3.58. The molecule has 0 bridgehead atoms. The van der Waals surface area contributed by atoms with Crippen LogP contribution in [0, 0.1) is 0 Å². The molecule has 2 aromatic heterocycles. The zero-order valence-corrected chi connectivity index (χ0v) is 13.2. The first-order chi connectivity index (χ1) is 10.9. The highest BCUT2D eigenvalue weighted by Gasteiger charge is 2.04. The maximum atomic E-state index is 4.69. The van der Waals surface area contributed by atoms with E-state index in [9.17, 15) is 0 Å². The summed E-state index contributed by atoms with van der Waals surface area (Å²) in [4.78, 5) is 8.73. The van der Waals surface area contributed by atoms with Crippen LogP contribution in [-0.2, 0) is 12.8 Å². The Balaban J connectivity index is 1.42. The molecule has 3 nitrogen and oxygen atoms in total. The summed E-state index contributed by atoms with van der Waals surface area (Å²) in [6, 6.07) is 14.6. The molecule has 0 unspecified atom stereocenters. The summed E-state index contributed by atoms with van der Waals surface area (Å²) in [6.07, 6.45) is 5.66. The van der Waals surface area contributed by atoms with Crippen LogP contribution in [0.4, 0.5) is 0 Å². The number of nitrogens with one attached hydrogen (secondary N) is 1. The second kappa shape index (κ2) is 7.82. The molecule has 0 spiro atoms. The van der Waals surface area contributed by atoms with E-state index in [1.165, 1.54) is 10.6 Å². The van der Waals surface area contributed by atoms with Crippen molar-refractivity contribution in [3.8, 4) is 11.3 Å². The van der Waals surface area contributed by atoms with Crippen molar-refractivity contribution in [3.05, 3.63) is 70.8 Å². The van der Waals surface area contributed by atoms with E-state index >= 15 is 0 Å². The van der Waals surface area contributed by atoms with Gasteiger partial charge in [-0.25, -0.2) is 4.98 Å². The topological polar surface area (TPSA) is 37.8 Å². The molecule has 0 atom stereocenters. The van der Waals surface area contributed by atoms with Crippen LogP contribution < -0.4 is 5.32 Å². The van der Waals surface area contributed by atoms with Gasteiger partial charge in [-0.15, -0.1) is 11.3 Å². The van der Waals surface area contributed by atoms with Gasteiger partial charge < -0.3 is 5.32 Å². The molecule has 3 aromatic rings. The van der Waals surface area contributed by atoms with Gasteiger partial charge in [0.05, 0.1) is 10.7 Å². The van der Waals surface area contributed by atoms with Gasteiger partial charge in [-0.2, -0.15) is 0 Å². The Morgan fingerprint density at radius 1 is 0.909 bits per heavy atom. The lowest BCUT2D eigenvalue weighted by molar-refractivity contribution is 0.680. The number of thiazole rings is 1. The lowest BCUT2D eigenvalue weighted by atomic mass is 10.1. The summed E-state index contributed by atoms with van der Waals surface area (Å²) in [7, 11) is 0. The monoisotopic (exact) mass is 309 g/mol. The third-order valence-electron chi connectivity index (χ3n) is 3.48. The Kier molecular flexibility index (Phi) is 5.29. The molecule has 0 saturated heterocycles. The highest BCUT2D eigenvalue weighted by atomic mass is 32.1. The van der Waals surface area contributed by atoms with Gasteiger partial charge in [-0.05, 0) is 30.7 Å². The van der Waals surface area contributed by atoms with Crippen LogP contribution in [0.5, 0.6) is 0 Å². The lowest BCUT2D eigenvalue weighted by Crippen LogP contribution is -2.20. The van der Waals surface area contributed by atoms with Crippen molar-refractivity contribution in [3.63, 3.8) is 0 Å². The number of hydrogen-bond donors (Lipinski definition) is 1. The fourth-order valence-corrected chi connectivity index (χ4v) is 3.09. The first-order valence-electron chi connectivity index (χ1n) is 7.51. The highest BCUT2D eigenvalue weighted by Crippen LogP contribution is 2.21. The van der Waals surface area contributed by atoms with Crippen molar-refractivity contribution < 1.29 is 0 Å². The summed E-state index contributed by atoms with van der Waals surface area (Å²) in [5.74, 6) is 0. The number of aromatic nitrogens is 2. The van der Waals surface area contributed by atoms with E-state index in [1.54, 1.807) is 23.7 Å². The average molecular weight is 309 g/mol. The average Bonchev–Trinajstić information content (AvgIpc) is 3.05. The molecule has 1 aromatic carbocycles. The SMILES string of the molecule is c1ccc(CCNCCc2nc(-c3ccncc3)cs2)cc1. The van der Waals surface area contributed by atoms with Crippen LogP contribution in [0.25, 0.3) is 11.3 Å². The third-order valence-corrected chi connectivity index (χ3v) is 4.39. The van der Waals surface area contributed by atoms with Gasteiger partial charge in [0.2, 0.25) is 0 Å². The van der Waals surface area contributed by atoms with E-state index in [1.807, 2.05) is 12.1 Å². The van der Waals surface area contributed by atoms with Crippen molar-refractivity contribution in [2.75, 3.05) is 13.1 Å². The molecule has 112 valence electrons. The molecule has 0 aliphatic carbocycles. The fourth-order valence-electron chi connectivity index (χ4n) is 2.28. The van der Waals surface area contributed by atoms with E-state index in [2.05, 4.69) is 51.0 Å². The number of pyridine rings is 1. The Hall–Kier alpha value is -2.04. The van der Waals surface area contributed by atoms with Crippen molar-refractivity contribution in [2.45, 2.75) is 12.8 Å². The summed E-state index contributed by atoms with van der Waals surface area (Å²) >= 11 is 1.73. The molecule has 0 amide bonds. The van der Waals surface area contributed by atoms with E-state index in [0.29, 0.717) is 0 Å². The molecule has 22 heavy (non-hydrogen) atoms. The molecule has 0 fully saturated rings. The summed E-state index contributed by atoms with van der Waals surface area (Å²) < 4.78 is 0. The minimum Gasteiger partial charge on any atom is -0.316 e. The molecule has 0 aliphatic rings. The van der Waals surface area contributed by atoms with Crippen LogP contribution in [-0.4, -0.2) is 23.1 Å². The zero-order chi connectivity index (χ0) is 15.0. The fraction of sp³-hybridized carbons (Fsp3) is 0.222. The van der Waals surface area contributed by atoms with Crippen LogP contribution in [0.3, 0.4) is 0 Å². The molecule has 1 N–H and O–H groups in total. The zero-order valence-electron chi connectivity index (χ0n) is 12.4. The van der Waals surface area contributed by atoms with Crippen molar-refractivity contribution in [2.24, 2.45) is 0 Å². The van der Waals surface area contributed by atoms with Gasteiger partial charge in [-0.1, -0.05) is 30.3 Å². The maximum Gasteiger partial charge on any atom is 0.0945 e. The smallest absolute Gasteiger partial charge is 0.0945 e. The van der Waals surface area contributed by atoms with Crippen molar-refractivity contribution in [1.82, 2.24) is 15.3 Å². The van der Waals surface area contributed by atoms with Gasteiger partial charge >= 0.3 is 0 Å². The molecule has 4 heteroatoms. The second-order valence-electron chi connectivity index (χ2n) is 5.10. The van der Waals surface area contributed by atoms with Crippen LogP contribution in [0.2, 0.25) is 0 Å². The molecular formula is C18H19N3S. The quantitative estimate of drug-likeness (QED) is 0.678. The number of nitrogens with zero attached hydrogens (tertiary/aromatic N) is 2. The Morgan fingerprint density at radius 2 is 1.68 bits per heavy atom. The van der Waals surface area contributed by atoms with E-state index in [4.69, 9.17) is 0 Å².